The predicted octanol–water partition coefficient (Wildman–Crippen LogP) is 3.58. The van der Waals surface area contributed by atoms with Gasteiger partial charge in [0.1, 0.15) is 5.82 Å². The standard InChI is InChI=1S/C23H21FN4O3S/c1-14(29)25-11-15-6-8-16(9-7-15)19-13-32-23(26-19)27-22(31)17-10-21(30)28(12-17)20-5-3-2-4-18(20)24/h2-9,13,17H,10-12H2,1H3,(H,25,29)(H,26,27,31)/t17-/m0/s1. The summed E-state index contributed by atoms with van der Waals surface area (Å²) in [7, 11) is 0. The molecule has 0 aliphatic carbocycles. The molecule has 4 rings (SSSR count). The Kier molecular flexibility index (Phi) is 6.27. The zero-order valence-corrected chi connectivity index (χ0v) is 18.1. The monoisotopic (exact) mass is 452 g/mol. The normalized spacial score (nSPS) is 15.6. The van der Waals surface area contributed by atoms with E-state index in [1.54, 1.807) is 12.1 Å². The Bertz CT molecular complexity index is 1160. The van der Waals surface area contributed by atoms with Gasteiger partial charge in [0, 0.05) is 37.4 Å². The summed E-state index contributed by atoms with van der Waals surface area (Å²) in [5.41, 5.74) is 2.76. The van der Waals surface area contributed by atoms with Gasteiger partial charge in [0.15, 0.2) is 5.13 Å². The summed E-state index contributed by atoms with van der Waals surface area (Å²) in [5.74, 6) is -1.76. The molecule has 2 heterocycles. The highest BCUT2D eigenvalue weighted by Crippen LogP contribution is 2.29. The van der Waals surface area contributed by atoms with Crippen LogP contribution in [0.4, 0.5) is 15.2 Å². The van der Waals surface area contributed by atoms with Gasteiger partial charge in [-0.2, -0.15) is 0 Å². The Morgan fingerprint density at radius 2 is 1.94 bits per heavy atom. The van der Waals surface area contributed by atoms with Crippen LogP contribution in [-0.4, -0.2) is 29.3 Å². The largest absolute Gasteiger partial charge is 0.352 e. The lowest BCUT2D eigenvalue weighted by Crippen LogP contribution is -2.28. The first-order valence-electron chi connectivity index (χ1n) is 10.1. The molecule has 7 nitrogen and oxygen atoms in total. The smallest absolute Gasteiger partial charge is 0.231 e. The van der Waals surface area contributed by atoms with E-state index in [9.17, 15) is 18.8 Å². The Labute approximate surface area is 188 Å². The van der Waals surface area contributed by atoms with Crippen LogP contribution in [0.25, 0.3) is 11.3 Å². The first-order valence-corrected chi connectivity index (χ1v) is 10.9. The zero-order chi connectivity index (χ0) is 22.7. The number of carbonyl (C=O) groups excluding carboxylic acids is 3. The lowest BCUT2D eigenvalue weighted by molar-refractivity contribution is -0.122. The van der Waals surface area contributed by atoms with E-state index in [2.05, 4.69) is 15.6 Å². The lowest BCUT2D eigenvalue weighted by atomic mass is 10.1. The summed E-state index contributed by atoms with van der Waals surface area (Å²) >= 11 is 1.29. The van der Waals surface area contributed by atoms with Crippen LogP contribution in [0.1, 0.15) is 18.9 Å². The van der Waals surface area contributed by atoms with E-state index in [0.717, 1.165) is 11.1 Å². The van der Waals surface area contributed by atoms with Gasteiger partial charge in [-0.25, -0.2) is 9.37 Å². The third kappa shape index (κ3) is 4.83. The highest BCUT2D eigenvalue weighted by Gasteiger charge is 2.36. The van der Waals surface area contributed by atoms with Gasteiger partial charge >= 0.3 is 0 Å². The van der Waals surface area contributed by atoms with Gasteiger partial charge in [-0.3, -0.25) is 14.4 Å². The Hall–Kier alpha value is -3.59. The first kappa shape index (κ1) is 21.6. The summed E-state index contributed by atoms with van der Waals surface area (Å²) in [6.45, 7) is 2.05. The molecule has 1 aliphatic heterocycles. The van der Waals surface area contributed by atoms with Crippen LogP contribution in [0.15, 0.2) is 53.9 Å². The second-order valence-electron chi connectivity index (χ2n) is 7.49. The molecule has 32 heavy (non-hydrogen) atoms. The van der Waals surface area contributed by atoms with Gasteiger partial charge < -0.3 is 15.5 Å². The number of aromatic nitrogens is 1. The highest BCUT2D eigenvalue weighted by molar-refractivity contribution is 7.14. The number of thiazole rings is 1. The molecule has 2 N–H and O–H groups in total. The van der Waals surface area contributed by atoms with E-state index in [-0.39, 0.29) is 36.4 Å². The molecular weight excluding hydrogens is 431 g/mol. The molecule has 1 atom stereocenters. The fraction of sp³-hybridized carbons (Fsp3) is 0.217. The first-order chi connectivity index (χ1) is 15.4. The third-order valence-electron chi connectivity index (χ3n) is 5.16. The van der Waals surface area contributed by atoms with Crippen molar-refractivity contribution in [3.05, 3.63) is 65.3 Å². The third-order valence-corrected chi connectivity index (χ3v) is 5.92. The molecular formula is C23H21FN4O3S. The molecule has 9 heteroatoms. The van der Waals surface area contributed by atoms with Gasteiger partial charge in [-0.05, 0) is 17.7 Å². The molecule has 1 saturated heterocycles. The second-order valence-corrected chi connectivity index (χ2v) is 8.35. The number of hydrogen-bond donors (Lipinski definition) is 2. The van der Waals surface area contributed by atoms with Gasteiger partial charge in [0.05, 0.1) is 17.3 Å². The number of amides is 3. The molecule has 0 saturated carbocycles. The van der Waals surface area contributed by atoms with Gasteiger partial charge in [0.25, 0.3) is 0 Å². The van der Waals surface area contributed by atoms with Crippen LogP contribution in [0.5, 0.6) is 0 Å². The molecule has 0 radical (unpaired) electrons. The Balaban J connectivity index is 1.38. The quantitative estimate of drug-likeness (QED) is 0.598. The van der Waals surface area contributed by atoms with E-state index in [1.165, 1.54) is 35.3 Å². The molecule has 2 aromatic carbocycles. The van der Waals surface area contributed by atoms with E-state index in [0.29, 0.717) is 17.4 Å². The predicted molar refractivity (Wildman–Crippen MR) is 121 cm³/mol. The number of rotatable bonds is 6. The number of para-hydroxylation sites is 1. The number of nitrogens with zero attached hydrogens (tertiary/aromatic N) is 2. The van der Waals surface area contributed by atoms with Crippen molar-refractivity contribution in [2.24, 2.45) is 5.92 Å². The van der Waals surface area contributed by atoms with Crippen LogP contribution in [0.3, 0.4) is 0 Å². The molecule has 3 amide bonds. The van der Waals surface area contributed by atoms with Gasteiger partial charge in [-0.1, -0.05) is 36.4 Å². The summed E-state index contributed by atoms with van der Waals surface area (Å²) in [6, 6.07) is 13.7. The van der Waals surface area contributed by atoms with Crippen LogP contribution < -0.4 is 15.5 Å². The topological polar surface area (TPSA) is 91.4 Å². The molecule has 0 bridgehead atoms. The molecule has 3 aromatic rings. The van der Waals surface area contributed by atoms with E-state index in [1.807, 2.05) is 29.6 Å². The lowest BCUT2D eigenvalue weighted by Gasteiger charge is -2.17. The van der Waals surface area contributed by atoms with Crippen molar-refractivity contribution < 1.29 is 18.8 Å². The van der Waals surface area contributed by atoms with E-state index < -0.39 is 11.7 Å². The van der Waals surface area contributed by atoms with Gasteiger partial charge in [-0.15, -0.1) is 11.3 Å². The maximum Gasteiger partial charge on any atom is 0.231 e. The summed E-state index contributed by atoms with van der Waals surface area (Å²) in [6.07, 6.45) is 0.0220. The molecule has 0 spiro atoms. The van der Waals surface area contributed by atoms with Crippen LogP contribution in [-0.2, 0) is 20.9 Å². The zero-order valence-electron chi connectivity index (χ0n) is 17.3. The minimum absolute atomic E-state index is 0.0220. The van der Waals surface area contributed by atoms with Crippen molar-refractivity contribution in [3.8, 4) is 11.3 Å². The number of nitrogens with one attached hydrogen (secondary N) is 2. The van der Waals surface area contributed by atoms with Crippen LogP contribution >= 0.6 is 11.3 Å². The number of hydrogen-bond acceptors (Lipinski definition) is 5. The minimum Gasteiger partial charge on any atom is -0.352 e. The number of anilines is 2. The Morgan fingerprint density at radius 3 is 2.66 bits per heavy atom. The average molecular weight is 453 g/mol. The fourth-order valence-corrected chi connectivity index (χ4v) is 4.20. The van der Waals surface area contributed by atoms with Crippen molar-refractivity contribution in [1.82, 2.24) is 10.3 Å². The highest BCUT2D eigenvalue weighted by atomic mass is 32.1. The minimum atomic E-state index is -0.581. The van der Waals surface area contributed by atoms with Crippen molar-refractivity contribution in [1.29, 1.82) is 0 Å². The summed E-state index contributed by atoms with van der Waals surface area (Å²) in [4.78, 5) is 41.8. The van der Waals surface area contributed by atoms with Crippen molar-refractivity contribution in [2.45, 2.75) is 19.9 Å². The fourth-order valence-electron chi connectivity index (χ4n) is 3.48. The van der Waals surface area contributed by atoms with Crippen molar-refractivity contribution >= 4 is 39.9 Å². The number of halogens is 1. The SMILES string of the molecule is CC(=O)NCc1ccc(-c2csc(NC(=O)[C@H]3CC(=O)N(c4ccccc4F)C3)n2)cc1. The maximum absolute atomic E-state index is 14.0. The molecule has 1 aliphatic rings. The second kappa shape index (κ2) is 9.27. The van der Waals surface area contributed by atoms with E-state index in [4.69, 9.17) is 0 Å². The summed E-state index contributed by atoms with van der Waals surface area (Å²) < 4.78 is 14.0. The number of benzene rings is 2. The molecule has 164 valence electrons. The summed E-state index contributed by atoms with van der Waals surface area (Å²) in [5, 5.41) is 7.79. The molecule has 1 fully saturated rings. The van der Waals surface area contributed by atoms with Crippen molar-refractivity contribution in [3.63, 3.8) is 0 Å². The Morgan fingerprint density at radius 1 is 1.19 bits per heavy atom. The molecule has 0 unspecified atom stereocenters. The van der Waals surface area contributed by atoms with E-state index >= 15 is 0 Å². The van der Waals surface area contributed by atoms with Crippen LogP contribution in [0, 0.1) is 11.7 Å². The molecule has 1 aromatic heterocycles. The average Bonchev–Trinajstić information content (AvgIpc) is 3.40. The maximum atomic E-state index is 14.0. The van der Waals surface area contributed by atoms with Crippen molar-refractivity contribution in [2.75, 3.05) is 16.8 Å². The van der Waals surface area contributed by atoms with Gasteiger partial charge in [0.2, 0.25) is 17.7 Å². The van der Waals surface area contributed by atoms with Crippen LogP contribution in [0.2, 0.25) is 0 Å². The number of carbonyl (C=O) groups is 3.